The van der Waals surface area contributed by atoms with Crippen molar-refractivity contribution in [3.8, 4) is 0 Å². The van der Waals surface area contributed by atoms with Crippen LogP contribution >= 0.6 is 11.6 Å². The molecule has 1 saturated heterocycles. The molecule has 2 aromatic rings. The lowest BCUT2D eigenvalue weighted by molar-refractivity contribution is -0.119. The first-order chi connectivity index (χ1) is 11.6. The average Bonchev–Trinajstić information content (AvgIpc) is 2.59. The van der Waals surface area contributed by atoms with E-state index in [4.69, 9.17) is 11.6 Å². The van der Waals surface area contributed by atoms with Crippen molar-refractivity contribution in [1.82, 2.24) is 5.32 Å². The van der Waals surface area contributed by atoms with E-state index in [0.717, 1.165) is 5.69 Å². The van der Waals surface area contributed by atoms with Gasteiger partial charge in [0, 0.05) is 35.4 Å². The van der Waals surface area contributed by atoms with Gasteiger partial charge in [0.25, 0.3) is 0 Å². The Hall–Kier alpha value is -2.53. The number of urea groups is 1. The third kappa shape index (κ3) is 4.06. The van der Waals surface area contributed by atoms with Crippen LogP contribution < -0.4 is 15.5 Å². The molecule has 3 rings (SSSR count). The molecule has 5 nitrogen and oxygen atoms in total. The van der Waals surface area contributed by atoms with E-state index in [9.17, 15) is 9.59 Å². The summed E-state index contributed by atoms with van der Waals surface area (Å²) in [4.78, 5) is 26.0. The van der Waals surface area contributed by atoms with Gasteiger partial charge in [0.05, 0.1) is 0 Å². The first-order valence-corrected chi connectivity index (χ1v) is 8.18. The lowest BCUT2D eigenvalue weighted by Crippen LogP contribution is -2.51. The Kier molecular flexibility index (Phi) is 5.01. The van der Waals surface area contributed by atoms with Crippen LogP contribution in [0.3, 0.4) is 0 Å². The number of hydrogen-bond donors (Lipinski definition) is 2. The van der Waals surface area contributed by atoms with Gasteiger partial charge in [-0.1, -0.05) is 29.8 Å². The first kappa shape index (κ1) is 16.3. The number of hydrogen-bond acceptors (Lipinski definition) is 2. The van der Waals surface area contributed by atoms with Crippen molar-refractivity contribution in [3.63, 3.8) is 0 Å². The topological polar surface area (TPSA) is 61.4 Å². The Morgan fingerprint density at radius 1 is 1.08 bits per heavy atom. The number of rotatable bonds is 3. The number of amides is 3. The van der Waals surface area contributed by atoms with Gasteiger partial charge < -0.3 is 15.5 Å². The van der Waals surface area contributed by atoms with E-state index in [1.807, 2.05) is 30.3 Å². The number of para-hydroxylation sites is 1. The van der Waals surface area contributed by atoms with Gasteiger partial charge in [0.1, 0.15) is 0 Å². The number of nitrogens with zero attached hydrogens (tertiary/aromatic N) is 1. The van der Waals surface area contributed by atoms with E-state index in [1.165, 1.54) is 0 Å². The minimum atomic E-state index is -0.287. The summed E-state index contributed by atoms with van der Waals surface area (Å²) in [6.45, 7) is 0.469. The van der Waals surface area contributed by atoms with Crippen molar-refractivity contribution < 1.29 is 9.59 Å². The standard InChI is InChI=1S/C18H18ClN3O2/c19-13-6-8-14(9-7-13)20-18(24)21-15-10-11-17(23)22(12-15)16-4-2-1-3-5-16/h1-9,15H,10-12H2,(H2,20,21,24). The van der Waals surface area contributed by atoms with Crippen molar-refractivity contribution in [1.29, 1.82) is 0 Å². The summed E-state index contributed by atoms with van der Waals surface area (Å²) in [6, 6.07) is 16.0. The number of carbonyl (C=O) groups excluding carboxylic acids is 2. The van der Waals surface area contributed by atoms with Crippen LogP contribution in [-0.2, 0) is 4.79 Å². The highest BCUT2D eigenvalue weighted by atomic mass is 35.5. The van der Waals surface area contributed by atoms with Crippen molar-refractivity contribution in [2.75, 3.05) is 16.8 Å². The molecular weight excluding hydrogens is 326 g/mol. The lowest BCUT2D eigenvalue weighted by Gasteiger charge is -2.33. The molecule has 2 N–H and O–H groups in total. The second-order valence-electron chi connectivity index (χ2n) is 5.68. The van der Waals surface area contributed by atoms with Gasteiger partial charge in [0.15, 0.2) is 0 Å². The van der Waals surface area contributed by atoms with E-state index < -0.39 is 0 Å². The number of halogens is 1. The Bertz CT molecular complexity index is 719. The molecule has 1 heterocycles. The normalized spacial score (nSPS) is 17.5. The molecule has 24 heavy (non-hydrogen) atoms. The third-order valence-corrected chi connectivity index (χ3v) is 4.17. The monoisotopic (exact) mass is 343 g/mol. The van der Waals surface area contributed by atoms with Crippen LogP contribution in [0, 0.1) is 0 Å². The molecule has 0 aliphatic carbocycles. The fourth-order valence-electron chi connectivity index (χ4n) is 2.71. The molecule has 0 bridgehead atoms. The van der Waals surface area contributed by atoms with Crippen molar-refractivity contribution in [3.05, 3.63) is 59.6 Å². The van der Waals surface area contributed by atoms with Crippen molar-refractivity contribution in [2.24, 2.45) is 0 Å². The van der Waals surface area contributed by atoms with Crippen LogP contribution in [0.25, 0.3) is 0 Å². The maximum Gasteiger partial charge on any atom is 0.319 e. The summed E-state index contributed by atoms with van der Waals surface area (Å²) in [7, 11) is 0. The maximum absolute atomic E-state index is 12.1. The molecule has 124 valence electrons. The van der Waals surface area contributed by atoms with Crippen LogP contribution in [0.5, 0.6) is 0 Å². The molecule has 2 aromatic carbocycles. The molecule has 6 heteroatoms. The van der Waals surface area contributed by atoms with E-state index >= 15 is 0 Å². The van der Waals surface area contributed by atoms with Gasteiger partial charge in [-0.05, 0) is 42.8 Å². The highest BCUT2D eigenvalue weighted by Crippen LogP contribution is 2.21. The number of benzene rings is 2. The highest BCUT2D eigenvalue weighted by Gasteiger charge is 2.27. The second kappa shape index (κ2) is 7.36. The SMILES string of the molecule is O=C(Nc1ccc(Cl)cc1)NC1CCC(=O)N(c2ccccc2)C1. The van der Waals surface area contributed by atoms with Crippen LogP contribution in [0.15, 0.2) is 54.6 Å². The smallest absolute Gasteiger partial charge is 0.319 e. The number of carbonyl (C=O) groups is 2. The van der Waals surface area contributed by atoms with Gasteiger partial charge in [-0.3, -0.25) is 4.79 Å². The molecule has 0 saturated carbocycles. The van der Waals surface area contributed by atoms with Gasteiger partial charge in [-0.15, -0.1) is 0 Å². The maximum atomic E-state index is 12.1. The zero-order valence-corrected chi connectivity index (χ0v) is 13.8. The van der Waals surface area contributed by atoms with Crippen LogP contribution in [0.4, 0.5) is 16.2 Å². The molecule has 1 aliphatic heterocycles. The van der Waals surface area contributed by atoms with Crippen LogP contribution in [0.1, 0.15) is 12.8 Å². The molecule has 3 amide bonds. The highest BCUT2D eigenvalue weighted by molar-refractivity contribution is 6.30. The summed E-state index contributed by atoms with van der Waals surface area (Å²) in [5, 5.41) is 6.31. The molecule has 0 spiro atoms. The third-order valence-electron chi connectivity index (χ3n) is 3.92. The Balaban J connectivity index is 1.60. The average molecular weight is 344 g/mol. The van der Waals surface area contributed by atoms with E-state index in [1.54, 1.807) is 29.2 Å². The molecule has 1 fully saturated rings. The van der Waals surface area contributed by atoms with E-state index in [2.05, 4.69) is 10.6 Å². The summed E-state index contributed by atoms with van der Waals surface area (Å²) in [6.07, 6.45) is 1.05. The molecular formula is C18H18ClN3O2. The quantitative estimate of drug-likeness (QED) is 0.893. The van der Waals surface area contributed by atoms with Gasteiger partial charge in [-0.2, -0.15) is 0 Å². The predicted octanol–water partition coefficient (Wildman–Crippen LogP) is 3.66. The fraction of sp³-hybridized carbons (Fsp3) is 0.222. The van der Waals surface area contributed by atoms with Crippen molar-refractivity contribution in [2.45, 2.75) is 18.9 Å². The Morgan fingerprint density at radius 2 is 1.79 bits per heavy atom. The summed E-state index contributed by atoms with van der Waals surface area (Å²) >= 11 is 5.83. The van der Waals surface area contributed by atoms with Gasteiger partial charge >= 0.3 is 6.03 Å². The van der Waals surface area contributed by atoms with Crippen molar-refractivity contribution >= 4 is 34.9 Å². The Morgan fingerprint density at radius 3 is 2.50 bits per heavy atom. The molecule has 1 unspecified atom stereocenters. The number of piperidine rings is 1. The zero-order chi connectivity index (χ0) is 16.9. The van der Waals surface area contributed by atoms with E-state index in [-0.39, 0.29) is 18.0 Å². The van der Waals surface area contributed by atoms with Crippen LogP contribution in [0.2, 0.25) is 5.02 Å². The predicted molar refractivity (Wildman–Crippen MR) is 95.4 cm³/mol. The second-order valence-corrected chi connectivity index (χ2v) is 6.12. The summed E-state index contributed by atoms with van der Waals surface area (Å²) in [5.41, 5.74) is 1.52. The fourth-order valence-corrected chi connectivity index (χ4v) is 2.83. The van der Waals surface area contributed by atoms with Gasteiger partial charge in [0.2, 0.25) is 5.91 Å². The first-order valence-electron chi connectivity index (χ1n) is 7.80. The molecule has 1 atom stereocenters. The largest absolute Gasteiger partial charge is 0.333 e. The summed E-state index contributed by atoms with van der Waals surface area (Å²) < 4.78 is 0. The summed E-state index contributed by atoms with van der Waals surface area (Å²) in [5.74, 6) is 0.0809. The minimum absolute atomic E-state index is 0.0809. The van der Waals surface area contributed by atoms with Gasteiger partial charge in [-0.25, -0.2) is 4.79 Å². The van der Waals surface area contributed by atoms with Crippen LogP contribution in [-0.4, -0.2) is 24.5 Å². The minimum Gasteiger partial charge on any atom is -0.333 e. The number of nitrogens with one attached hydrogen (secondary N) is 2. The molecule has 0 aromatic heterocycles. The molecule has 1 aliphatic rings. The Labute approximate surface area is 145 Å². The lowest BCUT2D eigenvalue weighted by atomic mass is 10.0. The zero-order valence-electron chi connectivity index (χ0n) is 13.0. The van der Waals surface area contributed by atoms with E-state index in [0.29, 0.717) is 30.1 Å². The molecule has 0 radical (unpaired) electrons. The number of anilines is 2.